The third-order valence-electron chi connectivity index (χ3n) is 4.76. The fraction of sp³-hybridized carbons (Fsp3) is 0.647. The van der Waals surface area contributed by atoms with Crippen LogP contribution in [0.15, 0.2) is 34.4 Å². The van der Waals surface area contributed by atoms with Gasteiger partial charge in [-0.25, -0.2) is 0 Å². The molecule has 3 rings (SSSR count). The van der Waals surface area contributed by atoms with Gasteiger partial charge >= 0.3 is 0 Å². The van der Waals surface area contributed by atoms with Gasteiger partial charge < -0.3 is 0 Å². The Labute approximate surface area is 105 Å². The van der Waals surface area contributed by atoms with E-state index in [1.807, 2.05) is 11.1 Å². The van der Waals surface area contributed by atoms with Crippen LogP contribution in [0.5, 0.6) is 0 Å². The van der Waals surface area contributed by atoms with Crippen molar-refractivity contribution in [1.82, 2.24) is 0 Å². The smallest absolute Gasteiger partial charge is 0.00947 e. The van der Waals surface area contributed by atoms with Crippen molar-refractivity contribution in [3.63, 3.8) is 0 Å². The SMILES string of the molecule is CC1CC(=C2CC/C(=C3/C=CC3)C2)C[C@@H](C)C1. The minimum atomic E-state index is 0.918. The van der Waals surface area contributed by atoms with Crippen molar-refractivity contribution < 1.29 is 0 Å². The summed E-state index contributed by atoms with van der Waals surface area (Å²) in [6.07, 6.45) is 14.1. The van der Waals surface area contributed by atoms with Crippen LogP contribution in [0.3, 0.4) is 0 Å². The van der Waals surface area contributed by atoms with Crippen molar-refractivity contribution in [2.24, 2.45) is 11.8 Å². The summed E-state index contributed by atoms with van der Waals surface area (Å²) in [5, 5.41) is 0. The summed E-state index contributed by atoms with van der Waals surface area (Å²) >= 11 is 0. The first-order chi connectivity index (χ1) is 8.22. The normalized spacial score (nSPS) is 41.8. The zero-order valence-electron chi connectivity index (χ0n) is 11.3. The second kappa shape index (κ2) is 4.48. The van der Waals surface area contributed by atoms with E-state index in [2.05, 4.69) is 26.0 Å². The first-order valence-electron chi connectivity index (χ1n) is 7.29. The van der Waals surface area contributed by atoms with Crippen molar-refractivity contribution in [3.05, 3.63) is 34.4 Å². The van der Waals surface area contributed by atoms with Gasteiger partial charge in [0.25, 0.3) is 0 Å². The van der Waals surface area contributed by atoms with Gasteiger partial charge in [-0.1, -0.05) is 42.7 Å². The van der Waals surface area contributed by atoms with Crippen molar-refractivity contribution in [3.8, 4) is 0 Å². The zero-order valence-corrected chi connectivity index (χ0v) is 11.3. The summed E-state index contributed by atoms with van der Waals surface area (Å²) in [5.41, 5.74) is 7.04. The molecule has 1 unspecified atom stereocenters. The molecule has 3 aliphatic carbocycles. The van der Waals surface area contributed by atoms with E-state index in [0.29, 0.717) is 0 Å². The average molecular weight is 228 g/mol. The maximum atomic E-state index is 2.43. The van der Waals surface area contributed by atoms with E-state index in [1.54, 1.807) is 11.1 Å². The monoisotopic (exact) mass is 228 g/mol. The Balaban J connectivity index is 1.78. The van der Waals surface area contributed by atoms with Crippen LogP contribution in [-0.4, -0.2) is 0 Å². The molecule has 0 N–H and O–H groups in total. The quantitative estimate of drug-likeness (QED) is 0.501. The van der Waals surface area contributed by atoms with Crippen LogP contribution in [-0.2, 0) is 0 Å². The first-order valence-corrected chi connectivity index (χ1v) is 7.29. The molecule has 0 aromatic carbocycles. The Morgan fingerprint density at radius 1 is 0.941 bits per heavy atom. The van der Waals surface area contributed by atoms with E-state index in [0.717, 1.165) is 11.8 Å². The molecule has 3 aliphatic rings. The molecule has 0 amide bonds. The van der Waals surface area contributed by atoms with Gasteiger partial charge in [0.15, 0.2) is 0 Å². The number of rotatable bonds is 0. The number of hydrogen-bond donors (Lipinski definition) is 0. The second-order valence-corrected chi connectivity index (χ2v) is 6.47. The van der Waals surface area contributed by atoms with E-state index in [9.17, 15) is 0 Å². The summed E-state index contributed by atoms with van der Waals surface area (Å²) in [6.45, 7) is 4.86. The highest BCUT2D eigenvalue weighted by Gasteiger charge is 2.25. The summed E-state index contributed by atoms with van der Waals surface area (Å²) in [6, 6.07) is 0. The zero-order chi connectivity index (χ0) is 11.8. The van der Waals surface area contributed by atoms with Gasteiger partial charge in [0.1, 0.15) is 0 Å². The molecule has 0 saturated heterocycles. The van der Waals surface area contributed by atoms with Crippen LogP contribution in [0, 0.1) is 11.8 Å². The molecule has 92 valence electrons. The molecular formula is C17H24. The molecule has 2 saturated carbocycles. The van der Waals surface area contributed by atoms with Gasteiger partial charge in [0.2, 0.25) is 0 Å². The summed E-state index contributed by atoms with van der Waals surface area (Å²) in [7, 11) is 0. The van der Waals surface area contributed by atoms with Gasteiger partial charge in [0.05, 0.1) is 0 Å². The molecular weight excluding hydrogens is 204 g/mol. The molecule has 0 bridgehead atoms. The standard InChI is InChI=1S/C17H24/c1-12-8-13(2)10-17(9-12)16-7-6-15(11-16)14-4-3-5-14/h3-4,12-13H,5-11H2,1-2H3/b15-14+,17-16?/t12-,13?/m0/s1. The fourth-order valence-corrected chi connectivity index (χ4v) is 3.88. The minimum Gasteiger partial charge on any atom is -0.0799 e. The van der Waals surface area contributed by atoms with Gasteiger partial charge in [-0.15, -0.1) is 0 Å². The number of allylic oxidation sites excluding steroid dienone is 6. The van der Waals surface area contributed by atoms with Crippen LogP contribution < -0.4 is 0 Å². The molecule has 2 fully saturated rings. The Hall–Kier alpha value is -0.780. The van der Waals surface area contributed by atoms with Crippen molar-refractivity contribution >= 4 is 0 Å². The number of hydrogen-bond acceptors (Lipinski definition) is 0. The first kappa shape index (κ1) is 11.3. The van der Waals surface area contributed by atoms with Crippen LogP contribution in [0.25, 0.3) is 0 Å². The largest absolute Gasteiger partial charge is 0.0799 e. The molecule has 0 aromatic heterocycles. The van der Waals surface area contributed by atoms with Crippen LogP contribution in [0.1, 0.15) is 58.8 Å². The molecule has 17 heavy (non-hydrogen) atoms. The maximum absolute atomic E-state index is 2.43. The van der Waals surface area contributed by atoms with Gasteiger partial charge in [-0.3, -0.25) is 0 Å². The summed E-state index contributed by atoms with van der Waals surface area (Å²) in [4.78, 5) is 0. The molecule has 0 aliphatic heterocycles. The highest BCUT2D eigenvalue weighted by molar-refractivity contribution is 5.41. The molecule has 0 spiro atoms. The van der Waals surface area contributed by atoms with E-state index >= 15 is 0 Å². The average Bonchev–Trinajstić information content (AvgIpc) is 2.62. The molecule has 0 nitrogen and oxygen atoms in total. The van der Waals surface area contributed by atoms with Crippen LogP contribution in [0.2, 0.25) is 0 Å². The Morgan fingerprint density at radius 3 is 2.18 bits per heavy atom. The van der Waals surface area contributed by atoms with Crippen LogP contribution >= 0.6 is 0 Å². The van der Waals surface area contributed by atoms with Crippen molar-refractivity contribution in [2.45, 2.75) is 58.8 Å². The van der Waals surface area contributed by atoms with E-state index in [1.165, 1.54) is 44.9 Å². The van der Waals surface area contributed by atoms with Gasteiger partial charge in [-0.05, 0) is 62.4 Å². The highest BCUT2D eigenvalue weighted by Crippen LogP contribution is 2.42. The lowest BCUT2D eigenvalue weighted by atomic mass is 9.78. The minimum absolute atomic E-state index is 0.918. The lowest BCUT2D eigenvalue weighted by Gasteiger charge is -2.28. The van der Waals surface area contributed by atoms with Crippen molar-refractivity contribution in [2.75, 3.05) is 0 Å². The topological polar surface area (TPSA) is 0 Å². The van der Waals surface area contributed by atoms with E-state index in [-0.39, 0.29) is 0 Å². The van der Waals surface area contributed by atoms with Crippen molar-refractivity contribution in [1.29, 1.82) is 0 Å². The van der Waals surface area contributed by atoms with E-state index in [4.69, 9.17) is 0 Å². The molecule has 0 heterocycles. The third kappa shape index (κ3) is 2.27. The predicted octanol–water partition coefficient (Wildman–Crippen LogP) is 5.18. The van der Waals surface area contributed by atoms with Crippen LogP contribution in [0.4, 0.5) is 0 Å². The Morgan fingerprint density at radius 2 is 1.59 bits per heavy atom. The second-order valence-electron chi connectivity index (χ2n) is 6.47. The highest BCUT2D eigenvalue weighted by atomic mass is 14.3. The summed E-state index contributed by atoms with van der Waals surface area (Å²) < 4.78 is 0. The van der Waals surface area contributed by atoms with Gasteiger partial charge in [-0.2, -0.15) is 0 Å². The predicted molar refractivity (Wildman–Crippen MR) is 73.8 cm³/mol. The summed E-state index contributed by atoms with van der Waals surface area (Å²) in [5.74, 6) is 1.84. The molecule has 0 radical (unpaired) electrons. The third-order valence-corrected chi connectivity index (χ3v) is 4.76. The fourth-order valence-electron chi connectivity index (χ4n) is 3.88. The maximum Gasteiger partial charge on any atom is -0.00947 e. The molecule has 0 heteroatoms. The molecule has 2 atom stereocenters. The van der Waals surface area contributed by atoms with Gasteiger partial charge in [0, 0.05) is 0 Å². The lowest BCUT2D eigenvalue weighted by Crippen LogP contribution is -2.13. The van der Waals surface area contributed by atoms with E-state index < -0.39 is 0 Å². The lowest BCUT2D eigenvalue weighted by molar-refractivity contribution is 0.355. The Kier molecular flexibility index (Phi) is 2.98. The molecule has 0 aromatic rings. The Bertz CT molecular complexity index is 394.